The molecular formula is C11H13ClN4S. The summed E-state index contributed by atoms with van der Waals surface area (Å²) in [6.45, 7) is 2.74. The molecule has 17 heavy (non-hydrogen) atoms. The van der Waals surface area contributed by atoms with Crippen LogP contribution in [-0.2, 0) is 0 Å². The van der Waals surface area contributed by atoms with Crippen molar-refractivity contribution in [3.63, 3.8) is 0 Å². The molecule has 2 N–H and O–H groups in total. The topological polar surface area (TPSA) is 53.6 Å². The van der Waals surface area contributed by atoms with E-state index in [1.807, 2.05) is 31.2 Å². The highest BCUT2D eigenvalue weighted by molar-refractivity contribution is 7.99. The summed E-state index contributed by atoms with van der Waals surface area (Å²) in [5, 5.41) is 11.7. The molecule has 0 saturated heterocycles. The molecule has 0 spiro atoms. The minimum Gasteiger partial charge on any atom is -0.384 e. The Hall–Kier alpha value is -1.20. The summed E-state index contributed by atoms with van der Waals surface area (Å²) in [6, 6.07) is 7.69. The molecule has 1 heterocycles. The number of nitrogens with zero attached hydrogens (tertiary/aromatic N) is 2. The Morgan fingerprint density at radius 3 is 3.06 bits per heavy atom. The Labute approximate surface area is 109 Å². The van der Waals surface area contributed by atoms with Gasteiger partial charge in [-0.1, -0.05) is 29.4 Å². The van der Waals surface area contributed by atoms with Crippen LogP contribution in [0, 0.1) is 6.92 Å². The van der Waals surface area contributed by atoms with E-state index in [2.05, 4.69) is 20.5 Å². The van der Waals surface area contributed by atoms with Crippen LogP contribution in [0.15, 0.2) is 29.4 Å². The van der Waals surface area contributed by atoms with Crippen LogP contribution in [0.3, 0.4) is 0 Å². The fourth-order valence-corrected chi connectivity index (χ4v) is 2.21. The van der Waals surface area contributed by atoms with Crippen LogP contribution in [0.2, 0.25) is 5.02 Å². The van der Waals surface area contributed by atoms with E-state index in [9.17, 15) is 0 Å². The minimum atomic E-state index is 0.743. The lowest BCUT2D eigenvalue weighted by Crippen LogP contribution is -2.03. The van der Waals surface area contributed by atoms with Crippen molar-refractivity contribution in [1.29, 1.82) is 0 Å². The number of aromatic amines is 1. The fraction of sp³-hybridized carbons (Fsp3) is 0.273. The van der Waals surface area contributed by atoms with Gasteiger partial charge in [0.15, 0.2) is 0 Å². The van der Waals surface area contributed by atoms with Crippen molar-refractivity contribution < 1.29 is 0 Å². The zero-order chi connectivity index (χ0) is 12.1. The van der Waals surface area contributed by atoms with E-state index in [4.69, 9.17) is 11.6 Å². The van der Waals surface area contributed by atoms with Gasteiger partial charge in [-0.2, -0.15) is 0 Å². The van der Waals surface area contributed by atoms with Gasteiger partial charge in [0.05, 0.1) is 0 Å². The second-order valence-corrected chi connectivity index (χ2v) is 4.99. The first-order valence-corrected chi connectivity index (χ1v) is 6.61. The molecule has 2 rings (SSSR count). The van der Waals surface area contributed by atoms with E-state index < -0.39 is 0 Å². The lowest BCUT2D eigenvalue weighted by molar-refractivity contribution is 0.968. The fourth-order valence-electron chi connectivity index (χ4n) is 1.32. The van der Waals surface area contributed by atoms with E-state index in [0.29, 0.717) is 0 Å². The third kappa shape index (κ3) is 3.94. The van der Waals surface area contributed by atoms with E-state index >= 15 is 0 Å². The molecule has 2 aromatic rings. The number of benzene rings is 1. The number of anilines is 1. The summed E-state index contributed by atoms with van der Waals surface area (Å²) in [6.07, 6.45) is 0. The molecule has 0 radical (unpaired) electrons. The predicted octanol–water partition coefficient (Wildman–Crippen LogP) is 2.97. The molecule has 0 aliphatic heterocycles. The lowest BCUT2D eigenvalue weighted by atomic mass is 10.3. The number of rotatable bonds is 5. The Balaban J connectivity index is 1.73. The maximum atomic E-state index is 5.89. The van der Waals surface area contributed by atoms with E-state index in [-0.39, 0.29) is 0 Å². The molecule has 4 nitrogen and oxygen atoms in total. The summed E-state index contributed by atoms with van der Waals surface area (Å²) in [5.74, 6) is 1.75. The molecule has 0 bridgehead atoms. The van der Waals surface area contributed by atoms with Gasteiger partial charge in [0, 0.05) is 23.0 Å². The van der Waals surface area contributed by atoms with Gasteiger partial charge >= 0.3 is 0 Å². The minimum absolute atomic E-state index is 0.743. The first kappa shape index (κ1) is 12.3. The van der Waals surface area contributed by atoms with Crippen LogP contribution in [0.4, 0.5) is 5.69 Å². The van der Waals surface area contributed by atoms with Crippen LogP contribution >= 0.6 is 23.4 Å². The SMILES string of the molecule is Cc1nc(SCCNc2cccc(Cl)c2)n[nH]1. The normalized spacial score (nSPS) is 10.5. The quantitative estimate of drug-likeness (QED) is 0.647. The summed E-state index contributed by atoms with van der Waals surface area (Å²) < 4.78 is 0. The number of H-pyrrole nitrogens is 1. The molecule has 0 atom stereocenters. The van der Waals surface area contributed by atoms with Gasteiger partial charge in [-0.15, -0.1) is 5.10 Å². The Bertz CT molecular complexity index is 486. The number of aromatic nitrogens is 3. The van der Waals surface area contributed by atoms with Gasteiger partial charge in [0.2, 0.25) is 5.16 Å². The monoisotopic (exact) mass is 268 g/mol. The molecule has 1 aromatic carbocycles. The largest absolute Gasteiger partial charge is 0.384 e. The standard InChI is InChI=1S/C11H13ClN4S/c1-8-14-11(16-15-8)17-6-5-13-10-4-2-3-9(12)7-10/h2-4,7,13H,5-6H2,1H3,(H,14,15,16). The third-order valence-corrected chi connectivity index (χ3v) is 3.15. The molecule has 0 unspecified atom stereocenters. The van der Waals surface area contributed by atoms with Gasteiger partial charge < -0.3 is 5.32 Å². The summed E-state index contributed by atoms with van der Waals surface area (Å²) in [5.41, 5.74) is 1.03. The van der Waals surface area contributed by atoms with Gasteiger partial charge in [-0.25, -0.2) is 4.98 Å². The lowest BCUT2D eigenvalue weighted by Gasteiger charge is -2.04. The van der Waals surface area contributed by atoms with Crippen molar-refractivity contribution in [2.45, 2.75) is 12.1 Å². The first-order chi connectivity index (χ1) is 8.24. The molecule has 0 aliphatic rings. The average molecular weight is 269 g/mol. The van der Waals surface area contributed by atoms with Crippen LogP contribution in [0.1, 0.15) is 5.82 Å². The molecule has 0 amide bonds. The van der Waals surface area contributed by atoms with Crippen molar-refractivity contribution >= 4 is 29.1 Å². The van der Waals surface area contributed by atoms with E-state index in [1.165, 1.54) is 0 Å². The Kier molecular flexibility index (Phi) is 4.28. The summed E-state index contributed by atoms with van der Waals surface area (Å²) >= 11 is 7.50. The van der Waals surface area contributed by atoms with Crippen LogP contribution < -0.4 is 5.32 Å². The number of nitrogens with one attached hydrogen (secondary N) is 2. The zero-order valence-corrected chi connectivity index (χ0v) is 11.0. The maximum Gasteiger partial charge on any atom is 0.208 e. The Morgan fingerprint density at radius 1 is 1.47 bits per heavy atom. The number of halogens is 1. The number of aryl methyl sites for hydroxylation is 1. The van der Waals surface area contributed by atoms with E-state index in [1.54, 1.807) is 11.8 Å². The second kappa shape index (κ2) is 5.93. The van der Waals surface area contributed by atoms with Crippen LogP contribution in [0.25, 0.3) is 0 Å². The third-order valence-electron chi connectivity index (χ3n) is 2.06. The van der Waals surface area contributed by atoms with E-state index in [0.717, 1.165) is 34.0 Å². The predicted molar refractivity (Wildman–Crippen MR) is 71.8 cm³/mol. The van der Waals surface area contributed by atoms with Crippen molar-refractivity contribution in [2.75, 3.05) is 17.6 Å². The highest BCUT2D eigenvalue weighted by Gasteiger charge is 1.99. The second-order valence-electron chi connectivity index (χ2n) is 3.49. The number of thioether (sulfide) groups is 1. The highest BCUT2D eigenvalue weighted by Crippen LogP contribution is 2.16. The van der Waals surface area contributed by atoms with Crippen molar-refractivity contribution in [3.05, 3.63) is 35.1 Å². The number of hydrogen-bond donors (Lipinski definition) is 2. The number of hydrogen-bond acceptors (Lipinski definition) is 4. The van der Waals surface area contributed by atoms with Gasteiger partial charge in [0.1, 0.15) is 5.82 Å². The highest BCUT2D eigenvalue weighted by atomic mass is 35.5. The van der Waals surface area contributed by atoms with Crippen molar-refractivity contribution in [1.82, 2.24) is 15.2 Å². The zero-order valence-electron chi connectivity index (χ0n) is 9.40. The van der Waals surface area contributed by atoms with Crippen LogP contribution in [-0.4, -0.2) is 27.5 Å². The average Bonchev–Trinajstić information content (AvgIpc) is 2.71. The van der Waals surface area contributed by atoms with Crippen molar-refractivity contribution in [2.24, 2.45) is 0 Å². The molecule has 0 saturated carbocycles. The molecule has 1 aromatic heterocycles. The first-order valence-electron chi connectivity index (χ1n) is 5.25. The summed E-state index contributed by atoms with van der Waals surface area (Å²) in [4.78, 5) is 4.22. The van der Waals surface area contributed by atoms with Crippen LogP contribution in [0.5, 0.6) is 0 Å². The molecule has 6 heteroatoms. The Morgan fingerprint density at radius 2 is 2.35 bits per heavy atom. The molecule has 0 aliphatic carbocycles. The van der Waals surface area contributed by atoms with Crippen molar-refractivity contribution in [3.8, 4) is 0 Å². The smallest absolute Gasteiger partial charge is 0.208 e. The van der Waals surface area contributed by atoms with Gasteiger partial charge in [-0.05, 0) is 25.1 Å². The maximum absolute atomic E-state index is 5.89. The summed E-state index contributed by atoms with van der Waals surface area (Å²) in [7, 11) is 0. The molecule has 90 valence electrons. The molecule has 0 fully saturated rings. The van der Waals surface area contributed by atoms with Gasteiger partial charge in [0.25, 0.3) is 0 Å². The van der Waals surface area contributed by atoms with Gasteiger partial charge in [-0.3, -0.25) is 5.10 Å². The molecular weight excluding hydrogens is 256 g/mol.